The summed E-state index contributed by atoms with van der Waals surface area (Å²) < 4.78 is 6.98. The first kappa shape index (κ1) is 25.4. The average molecular weight is 492 g/mol. The van der Waals surface area contributed by atoms with E-state index < -0.39 is 0 Å². The quantitative estimate of drug-likeness (QED) is 0.454. The van der Waals surface area contributed by atoms with Crippen molar-refractivity contribution in [3.63, 3.8) is 0 Å². The van der Waals surface area contributed by atoms with Crippen LogP contribution >= 0.6 is 0 Å². The molecule has 1 aliphatic heterocycles. The van der Waals surface area contributed by atoms with Gasteiger partial charge in [0.2, 0.25) is 11.8 Å². The van der Waals surface area contributed by atoms with Gasteiger partial charge in [0.1, 0.15) is 6.61 Å². The van der Waals surface area contributed by atoms with Crippen LogP contribution in [0.2, 0.25) is 0 Å². The molecule has 0 radical (unpaired) electrons. The van der Waals surface area contributed by atoms with Gasteiger partial charge in [-0.25, -0.2) is 4.98 Å². The Balaban J connectivity index is 1.65. The summed E-state index contributed by atoms with van der Waals surface area (Å²) in [6.45, 7) is 4.90. The number of nitrogens with one attached hydrogen (secondary N) is 2. The number of imidazole rings is 1. The molecule has 9 nitrogen and oxygen atoms in total. The predicted molar refractivity (Wildman–Crippen MR) is 138 cm³/mol. The lowest BCUT2D eigenvalue weighted by atomic mass is 10.1. The summed E-state index contributed by atoms with van der Waals surface area (Å²) in [6.07, 6.45) is 3.72. The molecule has 4 rings (SSSR count). The third-order valence-corrected chi connectivity index (χ3v) is 6.38. The number of hydrogen-bond donors (Lipinski definition) is 2. The standard InChI is InChI=1S/C27H33N5O4/c1-18(2)32(15-21-9-10-24(33)29-21)27(35)20-13-22-26(23(14-20)30-25(34)16-36-3)31(17-28-22)12-11-19-7-5-4-6-8-19/h4-8,13-14,17-18,21H,9-12,15-16H2,1-3H3,(H,29,33)(H,30,34). The van der Waals surface area contributed by atoms with Crippen LogP contribution in [0, 0.1) is 0 Å². The number of benzene rings is 2. The number of fused-ring (bicyclic) bond motifs is 1. The Hall–Kier alpha value is -3.72. The highest BCUT2D eigenvalue weighted by Gasteiger charge is 2.28. The van der Waals surface area contributed by atoms with Gasteiger partial charge in [0.25, 0.3) is 5.91 Å². The maximum atomic E-state index is 13.6. The lowest BCUT2D eigenvalue weighted by Crippen LogP contribution is -2.45. The molecule has 1 fully saturated rings. The van der Waals surface area contributed by atoms with Crippen molar-refractivity contribution in [2.75, 3.05) is 25.6 Å². The van der Waals surface area contributed by atoms with Crippen LogP contribution in [0.4, 0.5) is 5.69 Å². The van der Waals surface area contributed by atoms with E-state index in [4.69, 9.17) is 4.74 Å². The van der Waals surface area contributed by atoms with Crippen LogP contribution in [0.3, 0.4) is 0 Å². The third kappa shape index (κ3) is 5.91. The van der Waals surface area contributed by atoms with Gasteiger partial charge < -0.3 is 24.8 Å². The van der Waals surface area contributed by atoms with Crippen LogP contribution in [0.1, 0.15) is 42.6 Å². The number of methoxy groups -OCH3 is 1. The number of rotatable bonds is 10. The molecule has 190 valence electrons. The summed E-state index contributed by atoms with van der Waals surface area (Å²) in [5.74, 6) is -0.468. The predicted octanol–water partition coefficient (Wildman–Crippen LogP) is 2.99. The minimum absolute atomic E-state index is 0.0155. The van der Waals surface area contributed by atoms with Gasteiger partial charge in [0.05, 0.1) is 23.0 Å². The van der Waals surface area contributed by atoms with Crippen LogP contribution in [-0.4, -0.2) is 64.5 Å². The SMILES string of the molecule is COCC(=O)Nc1cc(C(=O)N(CC2CCC(=O)N2)C(C)C)cc2ncn(CCc3ccccc3)c12. The van der Waals surface area contributed by atoms with Crippen molar-refractivity contribution >= 4 is 34.4 Å². The summed E-state index contributed by atoms with van der Waals surface area (Å²) in [5.41, 5.74) is 3.52. The molecule has 1 saturated heterocycles. The summed E-state index contributed by atoms with van der Waals surface area (Å²) in [4.78, 5) is 44.0. The first-order valence-corrected chi connectivity index (χ1v) is 12.3. The van der Waals surface area contributed by atoms with Crippen molar-refractivity contribution in [2.24, 2.45) is 0 Å². The highest BCUT2D eigenvalue weighted by atomic mass is 16.5. The van der Waals surface area contributed by atoms with E-state index in [0.717, 1.165) is 11.9 Å². The molecule has 1 aliphatic rings. The van der Waals surface area contributed by atoms with Crippen molar-refractivity contribution in [3.8, 4) is 0 Å². The third-order valence-electron chi connectivity index (χ3n) is 6.38. The second-order valence-corrected chi connectivity index (χ2v) is 9.40. The molecule has 3 amide bonds. The van der Waals surface area contributed by atoms with Gasteiger partial charge in [-0.05, 0) is 44.4 Å². The van der Waals surface area contributed by atoms with E-state index in [-0.39, 0.29) is 36.4 Å². The van der Waals surface area contributed by atoms with E-state index in [1.54, 1.807) is 23.4 Å². The molecule has 3 aromatic rings. The molecule has 9 heteroatoms. The molecule has 2 N–H and O–H groups in total. The maximum Gasteiger partial charge on any atom is 0.254 e. The maximum absolute atomic E-state index is 13.6. The van der Waals surface area contributed by atoms with Gasteiger partial charge >= 0.3 is 0 Å². The first-order valence-electron chi connectivity index (χ1n) is 12.3. The Labute approximate surface area is 210 Å². The monoisotopic (exact) mass is 491 g/mol. The molecule has 0 spiro atoms. The molecule has 2 heterocycles. The zero-order valence-electron chi connectivity index (χ0n) is 21.0. The van der Waals surface area contributed by atoms with Crippen molar-refractivity contribution in [1.82, 2.24) is 19.8 Å². The zero-order valence-corrected chi connectivity index (χ0v) is 21.0. The fourth-order valence-electron chi connectivity index (χ4n) is 4.55. The molecule has 0 aliphatic carbocycles. The molecule has 1 atom stereocenters. The molecule has 36 heavy (non-hydrogen) atoms. The molecule has 1 unspecified atom stereocenters. The number of carbonyl (C=O) groups is 3. The van der Waals surface area contributed by atoms with Gasteiger partial charge in [-0.3, -0.25) is 14.4 Å². The van der Waals surface area contributed by atoms with Crippen molar-refractivity contribution in [2.45, 2.75) is 51.7 Å². The fraction of sp³-hybridized carbons (Fsp3) is 0.407. The lowest BCUT2D eigenvalue weighted by Gasteiger charge is -2.29. The van der Waals surface area contributed by atoms with Gasteiger partial charge in [-0.15, -0.1) is 0 Å². The highest BCUT2D eigenvalue weighted by Crippen LogP contribution is 2.27. The Kier molecular flexibility index (Phi) is 8.00. The topological polar surface area (TPSA) is 106 Å². The van der Waals surface area contributed by atoms with Crippen LogP contribution in [-0.2, 0) is 27.3 Å². The van der Waals surface area contributed by atoms with Gasteiger partial charge in [0, 0.05) is 44.3 Å². The summed E-state index contributed by atoms with van der Waals surface area (Å²) in [6, 6.07) is 13.5. The smallest absolute Gasteiger partial charge is 0.254 e. The number of hydrogen-bond acceptors (Lipinski definition) is 5. The minimum atomic E-state index is -0.311. The van der Waals surface area contributed by atoms with E-state index in [2.05, 4.69) is 27.8 Å². The Morgan fingerprint density at radius 1 is 1.25 bits per heavy atom. The van der Waals surface area contributed by atoms with E-state index in [1.165, 1.54) is 12.7 Å². The summed E-state index contributed by atoms with van der Waals surface area (Å²) >= 11 is 0. The molecule has 0 bridgehead atoms. The molecule has 2 aromatic carbocycles. The van der Waals surface area contributed by atoms with E-state index in [9.17, 15) is 14.4 Å². The number of anilines is 1. The Morgan fingerprint density at radius 3 is 2.69 bits per heavy atom. The molecule has 1 aromatic heterocycles. The van der Waals surface area contributed by atoms with E-state index >= 15 is 0 Å². The largest absolute Gasteiger partial charge is 0.375 e. The Bertz CT molecular complexity index is 1240. The van der Waals surface area contributed by atoms with Crippen LogP contribution in [0.25, 0.3) is 11.0 Å². The zero-order chi connectivity index (χ0) is 25.7. The fourth-order valence-corrected chi connectivity index (χ4v) is 4.55. The number of amides is 3. The van der Waals surface area contributed by atoms with E-state index in [1.807, 2.05) is 36.6 Å². The first-order chi connectivity index (χ1) is 17.4. The van der Waals surface area contributed by atoms with Crippen LogP contribution in [0.15, 0.2) is 48.8 Å². The second-order valence-electron chi connectivity index (χ2n) is 9.40. The van der Waals surface area contributed by atoms with Crippen molar-refractivity contribution in [3.05, 3.63) is 59.9 Å². The average Bonchev–Trinajstić information content (AvgIpc) is 3.47. The lowest BCUT2D eigenvalue weighted by molar-refractivity contribution is -0.120. The highest BCUT2D eigenvalue weighted by molar-refractivity contribution is 6.05. The number of aromatic nitrogens is 2. The van der Waals surface area contributed by atoms with Crippen LogP contribution < -0.4 is 10.6 Å². The van der Waals surface area contributed by atoms with Gasteiger partial charge in [-0.2, -0.15) is 0 Å². The second kappa shape index (κ2) is 11.3. The number of nitrogens with zero attached hydrogens (tertiary/aromatic N) is 3. The van der Waals surface area contributed by atoms with Crippen molar-refractivity contribution < 1.29 is 19.1 Å². The Morgan fingerprint density at radius 2 is 2.03 bits per heavy atom. The molecular weight excluding hydrogens is 458 g/mol. The molecule has 0 saturated carbocycles. The number of carbonyl (C=O) groups excluding carboxylic acids is 3. The summed E-state index contributed by atoms with van der Waals surface area (Å²) in [7, 11) is 1.46. The minimum Gasteiger partial charge on any atom is -0.375 e. The summed E-state index contributed by atoms with van der Waals surface area (Å²) in [5, 5.41) is 5.84. The molecular formula is C27H33N5O4. The number of ether oxygens (including phenoxy) is 1. The van der Waals surface area contributed by atoms with Crippen LogP contribution in [0.5, 0.6) is 0 Å². The van der Waals surface area contributed by atoms with E-state index in [0.29, 0.717) is 42.7 Å². The van der Waals surface area contributed by atoms with Gasteiger partial charge in [0.15, 0.2) is 0 Å². The normalized spacial score (nSPS) is 15.3. The number of aryl methyl sites for hydroxylation is 2. The van der Waals surface area contributed by atoms with Gasteiger partial charge in [-0.1, -0.05) is 30.3 Å². The van der Waals surface area contributed by atoms with Crippen molar-refractivity contribution in [1.29, 1.82) is 0 Å².